The first-order valence-corrected chi connectivity index (χ1v) is 10.1. The van der Waals surface area contributed by atoms with E-state index in [-0.39, 0.29) is 12.0 Å². The molecule has 31 heavy (non-hydrogen) atoms. The zero-order valence-electron chi connectivity index (χ0n) is 16.9. The van der Waals surface area contributed by atoms with E-state index in [2.05, 4.69) is 6.92 Å². The fraction of sp³-hybridized carbons (Fsp3) is 0.200. The van der Waals surface area contributed by atoms with Gasteiger partial charge in [-0.2, -0.15) is 0 Å². The number of ether oxygens (including phenoxy) is 4. The summed E-state index contributed by atoms with van der Waals surface area (Å²) < 4.78 is 21.3. The first kappa shape index (κ1) is 19.3. The van der Waals surface area contributed by atoms with Gasteiger partial charge in [0, 0.05) is 5.92 Å². The van der Waals surface area contributed by atoms with Crippen LogP contribution in [0, 0.1) is 0 Å². The van der Waals surface area contributed by atoms with Gasteiger partial charge in [0.1, 0.15) is 30.0 Å². The largest absolute Gasteiger partial charge is 0.491 e. The number of hydrogen-bond donors (Lipinski definition) is 0. The molecule has 0 aromatic heterocycles. The number of carbonyl (C=O) groups excluding carboxylic acids is 2. The zero-order chi connectivity index (χ0) is 21.4. The monoisotopic (exact) mass is 416 g/mol. The van der Waals surface area contributed by atoms with Gasteiger partial charge in [-0.05, 0) is 70.8 Å². The Kier molecular flexibility index (Phi) is 4.92. The van der Waals surface area contributed by atoms with Crippen LogP contribution in [0.2, 0.25) is 0 Å². The maximum Gasteiger partial charge on any atom is 0.343 e. The second-order valence-corrected chi connectivity index (χ2v) is 7.61. The molecule has 6 nitrogen and oxygen atoms in total. The van der Waals surface area contributed by atoms with Crippen LogP contribution in [-0.4, -0.2) is 31.8 Å². The first-order chi connectivity index (χ1) is 15.1. The molecule has 156 valence electrons. The lowest BCUT2D eigenvalue weighted by atomic mass is 9.99. The van der Waals surface area contributed by atoms with Crippen LogP contribution in [0.15, 0.2) is 60.7 Å². The Bertz CT molecular complexity index is 1150. The van der Waals surface area contributed by atoms with Crippen LogP contribution in [0.3, 0.4) is 0 Å². The van der Waals surface area contributed by atoms with Gasteiger partial charge in [-0.1, -0.05) is 19.1 Å². The standard InChI is InChI=1S/C25H20O6/c1-15-23-10-18(30-14-26)6-8-21(23)22-9-7-19(11-24(15)22)31-25(27)16-2-4-17(5-3-16)28-12-20-13-29-20/h2-11,14-15,20H,12-13H2,1H3. The predicted molar refractivity (Wildman–Crippen MR) is 113 cm³/mol. The summed E-state index contributed by atoms with van der Waals surface area (Å²) in [6.45, 7) is 3.75. The second-order valence-electron chi connectivity index (χ2n) is 7.61. The van der Waals surface area contributed by atoms with E-state index in [1.54, 1.807) is 36.4 Å². The van der Waals surface area contributed by atoms with E-state index in [0.717, 1.165) is 28.9 Å². The van der Waals surface area contributed by atoms with E-state index >= 15 is 0 Å². The van der Waals surface area contributed by atoms with Gasteiger partial charge in [0.2, 0.25) is 0 Å². The number of esters is 1. The molecule has 1 saturated heterocycles. The Morgan fingerprint density at radius 1 is 0.968 bits per heavy atom. The lowest BCUT2D eigenvalue weighted by molar-refractivity contribution is -0.120. The first-order valence-electron chi connectivity index (χ1n) is 10.1. The summed E-state index contributed by atoms with van der Waals surface area (Å²) in [6, 6.07) is 18.1. The Morgan fingerprint density at radius 2 is 1.58 bits per heavy atom. The molecular formula is C25H20O6. The number of fused-ring (bicyclic) bond motifs is 3. The summed E-state index contributed by atoms with van der Waals surface area (Å²) >= 11 is 0. The van der Waals surface area contributed by atoms with Gasteiger partial charge in [0.15, 0.2) is 0 Å². The van der Waals surface area contributed by atoms with E-state index in [9.17, 15) is 9.59 Å². The Labute approximate surface area is 179 Å². The van der Waals surface area contributed by atoms with E-state index in [1.807, 2.05) is 24.3 Å². The highest BCUT2D eigenvalue weighted by atomic mass is 16.6. The maximum absolute atomic E-state index is 12.6. The predicted octanol–water partition coefficient (Wildman–Crippen LogP) is 4.35. The molecule has 2 aliphatic rings. The SMILES string of the molecule is CC1c2cc(OC=O)ccc2-c2ccc(OC(=O)c3ccc(OCC4CO4)cc3)cc21. The molecule has 1 fully saturated rings. The van der Waals surface area contributed by atoms with Crippen molar-refractivity contribution in [2.45, 2.75) is 18.9 Å². The summed E-state index contributed by atoms with van der Waals surface area (Å²) in [4.78, 5) is 23.2. The lowest BCUT2D eigenvalue weighted by Gasteiger charge is -2.10. The smallest absolute Gasteiger partial charge is 0.343 e. The van der Waals surface area contributed by atoms with Gasteiger partial charge in [-0.25, -0.2) is 4.79 Å². The molecule has 0 radical (unpaired) electrons. The average Bonchev–Trinajstić information content (AvgIpc) is 3.58. The summed E-state index contributed by atoms with van der Waals surface area (Å²) in [5, 5.41) is 0. The van der Waals surface area contributed by atoms with Gasteiger partial charge in [0.25, 0.3) is 6.47 Å². The van der Waals surface area contributed by atoms with Gasteiger partial charge in [-0.15, -0.1) is 0 Å². The van der Waals surface area contributed by atoms with Crippen molar-refractivity contribution >= 4 is 12.4 Å². The van der Waals surface area contributed by atoms with E-state index in [4.69, 9.17) is 18.9 Å². The van der Waals surface area contributed by atoms with Crippen molar-refractivity contribution < 1.29 is 28.5 Å². The van der Waals surface area contributed by atoms with Crippen molar-refractivity contribution in [3.63, 3.8) is 0 Å². The van der Waals surface area contributed by atoms with Crippen LogP contribution in [0.25, 0.3) is 11.1 Å². The molecule has 0 N–H and O–H groups in total. The molecule has 1 aliphatic heterocycles. The minimum Gasteiger partial charge on any atom is -0.491 e. The van der Waals surface area contributed by atoms with E-state index in [1.165, 1.54) is 0 Å². The number of hydrogen-bond acceptors (Lipinski definition) is 6. The fourth-order valence-corrected chi connectivity index (χ4v) is 3.86. The van der Waals surface area contributed by atoms with Crippen LogP contribution < -0.4 is 14.2 Å². The van der Waals surface area contributed by atoms with Crippen LogP contribution in [-0.2, 0) is 9.53 Å². The molecule has 0 saturated carbocycles. The third-order valence-corrected chi connectivity index (χ3v) is 5.59. The third kappa shape index (κ3) is 3.90. The summed E-state index contributed by atoms with van der Waals surface area (Å²) in [5.74, 6) is 1.35. The zero-order valence-corrected chi connectivity index (χ0v) is 16.9. The molecule has 2 unspecified atom stereocenters. The topological polar surface area (TPSA) is 74.4 Å². The van der Waals surface area contributed by atoms with Crippen molar-refractivity contribution in [2.24, 2.45) is 0 Å². The number of benzene rings is 3. The number of rotatable bonds is 7. The van der Waals surface area contributed by atoms with Crippen molar-refractivity contribution in [1.82, 2.24) is 0 Å². The third-order valence-electron chi connectivity index (χ3n) is 5.59. The summed E-state index contributed by atoms with van der Waals surface area (Å²) in [5.41, 5.74) is 4.76. The fourth-order valence-electron chi connectivity index (χ4n) is 3.86. The van der Waals surface area contributed by atoms with Gasteiger partial charge >= 0.3 is 5.97 Å². The molecule has 0 spiro atoms. The molecule has 1 aliphatic carbocycles. The van der Waals surface area contributed by atoms with E-state index < -0.39 is 5.97 Å². The van der Waals surface area contributed by atoms with Crippen LogP contribution in [0.5, 0.6) is 17.2 Å². The van der Waals surface area contributed by atoms with Gasteiger partial charge < -0.3 is 18.9 Å². The minimum absolute atomic E-state index is 0.0886. The number of epoxide rings is 1. The number of carbonyl (C=O) groups is 2. The quantitative estimate of drug-likeness (QED) is 0.247. The van der Waals surface area contributed by atoms with Gasteiger partial charge in [-0.3, -0.25) is 4.79 Å². The summed E-state index contributed by atoms with van der Waals surface area (Å²) in [6.07, 6.45) is 0.183. The molecule has 2 atom stereocenters. The van der Waals surface area contributed by atoms with E-state index in [0.29, 0.717) is 35.9 Å². The highest BCUT2D eigenvalue weighted by Gasteiger charge is 2.27. The van der Waals surface area contributed by atoms with Crippen molar-refractivity contribution in [3.05, 3.63) is 77.4 Å². The molecule has 0 bridgehead atoms. The highest BCUT2D eigenvalue weighted by Crippen LogP contribution is 2.46. The Balaban J connectivity index is 1.30. The molecule has 3 aromatic rings. The van der Waals surface area contributed by atoms with Crippen molar-refractivity contribution in [3.8, 4) is 28.4 Å². The average molecular weight is 416 g/mol. The molecule has 1 heterocycles. The van der Waals surface area contributed by atoms with Crippen molar-refractivity contribution in [1.29, 1.82) is 0 Å². The Morgan fingerprint density at radius 3 is 2.23 bits per heavy atom. The highest BCUT2D eigenvalue weighted by molar-refractivity contribution is 5.91. The summed E-state index contributed by atoms with van der Waals surface area (Å²) in [7, 11) is 0. The van der Waals surface area contributed by atoms with Crippen LogP contribution >= 0.6 is 0 Å². The van der Waals surface area contributed by atoms with Crippen LogP contribution in [0.4, 0.5) is 0 Å². The molecule has 6 heteroatoms. The molecular weight excluding hydrogens is 396 g/mol. The van der Waals surface area contributed by atoms with Crippen LogP contribution in [0.1, 0.15) is 34.3 Å². The molecule has 3 aromatic carbocycles. The molecule has 0 amide bonds. The normalized spacial score (nSPS) is 18.0. The van der Waals surface area contributed by atoms with Crippen molar-refractivity contribution in [2.75, 3.05) is 13.2 Å². The minimum atomic E-state index is -0.429. The van der Waals surface area contributed by atoms with Gasteiger partial charge in [0.05, 0.1) is 12.2 Å². The maximum atomic E-state index is 12.6. The molecule has 5 rings (SSSR count). The lowest BCUT2D eigenvalue weighted by Crippen LogP contribution is -2.09. The Hall–Kier alpha value is -3.64. The second kappa shape index (κ2) is 7.89.